The summed E-state index contributed by atoms with van der Waals surface area (Å²) in [5, 5.41) is 6.77. The van der Waals surface area contributed by atoms with E-state index in [0.717, 1.165) is 56.3 Å². The zero-order valence-electron chi connectivity index (χ0n) is 18.7. The van der Waals surface area contributed by atoms with E-state index in [-0.39, 0.29) is 6.10 Å². The number of aliphatic imine (C=N–C) groups is 1. The summed E-state index contributed by atoms with van der Waals surface area (Å²) in [6.07, 6.45) is 1.85. The highest BCUT2D eigenvalue weighted by Crippen LogP contribution is 2.32. The predicted octanol–water partition coefficient (Wildman–Crippen LogP) is 1.59. The summed E-state index contributed by atoms with van der Waals surface area (Å²) in [5.41, 5.74) is 0.897. The van der Waals surface area contributed by atoms with Gasteiger partial charge in [-0.15, -0.1) is 0 Å². The lowest BCUT2D eigenvalue weighted by molar-refractivity contribution is -0.0136. The lowest BCUT2D eigenvalue weighted by atomic mass is 10.2. The van der Waals surface area contributed by atoms with Crippen LogP contribution in [0.15, 0.2) is 23.2 Å². The van der Waals surface area contributed by atoms with Crippen LogP contribution in [0.1, 0.15) is 12.8 Å². The number of morpholine rings is 1. The van der Waals surface area contributed by atoms with Crippen LogP contribution in [0.25, 0.3) is 0 Å². The maximum Gasteiger partial charge on any atom is 0.195 e. The molecule has 0 spiro atoms. The van der Waals surface area contributed by atoms with E-state index in [1.807, 2.05) is 18.2 Å². The summed E-state index contributed by atoms with van der Waals surface area (Å²) in [6, 6.07) is 5.86. The fourth-order valence-electron chi connectivity index (χ4n) is 3.31. The smallest absolute Gasteiger partial charge is 0.195 e. The first kappa shape index (κ1) is 23.6. The fraction of sp³-hybridized carbons (Fsp3) is 0.682. The van der Waals surface area contributed by atoms with Gasteiger partial charge in [0.25, 0.3) is 0 Å². The van der Waals surface area contributed by atoms with E-state index < -0.39 is 0 Å². The predicted molar refractivity (Wildman–Crippen MR) is 121 cm³/mol. The van der Waals surface area contributed by atoms with Gasteiger partial charge in [-0.1, -0.05) is 0 Å². The van der Waals surface area contributed by atoms with Crippen molar-refractivity contribution in [2.75, 3.05) is 85.3 Å². The summed E-state index contributed by atoms with van der Waals surface area (Å²) in [7, 11) is 3.78. The molecular weight excluding hydrogens is 400 g/mol. The SMILES string of the molecule is COCCOCCCNC(=NCC1CN(C)CCO1)Nc1ccc2c(c1)OCCCO2. The number of ether oxygens (including phenoxy) is 5. The number of likely N-dealkylation sites (N-methyl/N-ethyl adjacent to an activating group) is 1. The van der Waals surface area contributed by atoms with Crippen molar-refractivity contribution >= 4 is 11.6 Å². The van der Waals surface area contributed by atoms with Gasteiger partial charge < -0.3 is 39.2 Å². The highest BCUT2D eigenvalue weighted by molar-refractivity contribution is 5.94. The molecule has 1 saturated heterocycles. The molecule has 0 bridgehead atoms. The number of nitrogens with one attached hydrogen (secondary N) is 2. The van der Waals surface area contributed by atoms with E-state index in [0.29, 0.717) is 45.5 Å². The van der Waals surface area contributed by atoms with E-state index in [1.165, 1.54) is 0 Å². The first-order valence-electron chi connectivity index (χ1n) is 11.1. The van der Waals surface area contributed by atoms with Crippen molar-refractivity contribution in [3.05, 3.63) is 18.2 Å². The van der Waals surface area contributed by atoms with Crippen LogP contribution >= 0.6 is 0 Å². The first-order valence-corrected chi connectivity index (χ1v) is 11.1. The zero-order chi connectivity index (χ0) is 21.7. The average molecular weight is 437 g/mol. The molecular formula is C22H36N4O5. The zero-order valence-corrected chi connectivity index (χ0v) is 18.7. The molecule has 1 aromatic carbocycles. The van der Waals surface area contributed by atoms with Crippen molar-refractivity contribution in [1.29, 1.82) is 0 Å². The third kappa shape index (κ3) is 8.53. The summed E-state index contributed by atoms with van der Waals surface area (Å²) < 4.78 is 27.9. The van der Waals surface area contributed by atoms with Crippen LogP contribution in [0, 0.1) is 0 Å². The molecule has 31 heavy (non-hydrogen) atoms. The van der Waals surface area contributed by atoms with Gasteiger partial charge in [0.05, 0.1) is 45.7 Å². The molecule has 1 aromatic rings. The highest BCUT2D eigenvalue weighted by Gasteiger charge is 2.17. The second kappa shape index (κ2) is 13.4. The molecule has 0 radical (unpaired) electrons. The van der Waals surface area contributed by atoms with Gasteiger partial charge in [0.15, 0.2) is 17.5 Å². The Morgan fingerprint density at radius 2 is 2.03 bits per heavy atom. The molecule has 0 saturated carbocycles. The van der Waals surface area contributed by atoms with Gasteiger partial charge in [-0.2, -0.15) is 0 Å². The fourth-order valence-corrected chi connectivity index (χ4v) is 3.31. The van der Waals surface area contributed by atoms with Crippen molar-refractivity contribution in [2.24, 2.45) is 4.99 Å². The lowest BCUT2D eigenvalue weighted by Crippen LogP contribution is -2.42. The van der Waals surface area contributed by atoms with Crippen LogP contribution in [0.2, 0.25) is 0 Å². The van der Waals surface area contributed by atoms with E-state index in [2.05, 4.69) is 22.6 Å². The van der Waals surface area contributed by atoms with Gasteiger partial charge in [0.1, 0.15) is 0 Å². The van der Waals surface area contributed by atoms with Crippen LogP contribution in [0.3, 0.4) is 0 Å². The number of hydrogen-bond acceptors (Lipinski definition) is 7. The number of rotatable bonds is 10. The standard InChI is InChI=1S/C22H36N4O5/c1-26-8-12-29-19(17-26)16-24-22(23-7-3-9-28-14-13-27-2)25-18-5-6-20-21(15-18)31-11-4-10-30-20/h5-6,15,19H,3-4,7-14,16-17H2,1-2H3,(H2,23,24,25). The molecule has 1 fully saturated rings. The number of benzene rings is 1. The molecule has 2 aliphatic heterocycles. The number of methoxy groups -OCH3 is 1. The lowest BCUT2D eigenvalue weighted by Gasteiger charge is -2.29. The molecule has 174 valence electrons. The largest absolute Gasteiger partial charge is 0.490 e. The second-order valence-corrected chi connectivity index (χ2v) is 7.67. The maximum atomic E-state index is 5.85. The Balaban J connectivity index is 1.56. The molecule has 2 aliphatic rings. The van der Waals surface area contributed by atoms with E-state index >= 15 is 0 Å². The van der Waals surface area contributed by atoms with Crippen LogP contribution in [0.4, 0.5) is 5.69 Å². The monoisotopic (exact) mass is 436 g/mol. The number of guanidine groups is 1. The molecule has 9 heteroatoms. The van der Waals surface area contributed by atoms with Crippen molar-refractivity contribution in [2.45, 2.75) is 18.9 Å². The Morgan fingerprint density at radius 3 is 2.87 bits per heavy atom. The molecule has 2 heterocycles. The Hall–Kier alpha value is -2.07. The Labute approximate surface area is 185 Å². The van der Waals surface area contributed by atoms with Gasteiger partial charge in [-0.3, -0.25) is 4.99 Å². The van der Waals surface area contributed by atoms with E-state index in [4.69, 9.17) is 28.7 Å². The topological polar surface area (TPSA) is 85.8 Å². The van der Waals surface area contributed by atoms with Gasteiger partial charge >= 0.3 is 0 Å². The molecule has 2 N–H and O–H groups in total. The van der Waals surface area contributed by atoms with Crippen LogP contribution in [0.5, 0.6) is 11.5 Å². The summed E-state index contributed by atoms with van der Waals surface area (Å²) in [4.78, 5) is 7.03. The molecule has 1 unspecified atom stereocenters. The molecule has 1 atom stereocenters. The minimum atomic E-state index is 0.0958. The second-order valence-electron chi connectivity index (χ2n) is 7.67. The van der Waals surface area contributed by atoms with Crippen molar-refractivity contribution in [3.8, 4) is 11.5 Å². The quantitative estimate of drug-likeness (QED) is 0.325. The summed E-state index contributed by atoms with van der Waals surface area (Å²) >= 11 is 0. The third-order valence-corrected chi connectivity index (χ3v) is 4.99. The van der Waals surface area contributed by atoms with Crippen molar-refractivity contribution < 1.29 is 23.7 Å². The van der Waals surface area contributed by atoms with Gasteiger partial charge in [-0.05, 0) is 25.6 Å². The summed E-state index contributed by atoms with van der Waals surface area (Å²) in [5.74, 6) is 2.25. The Morgan fingerprint density at radius 1 is 1.16 bits per heavy atom. The van der Waals surface area contributed by atoms with Gasteiger partial charge in [0, 0.05) is 51.5 Å². The number of fused-ring (bicyclic) bond motifs is 1. The normalized spacial score (nSPS) is 19.7. The molecule has 0 amide bonds. The molecule has 3 rings (SSSR count). The van der Waals surface area contributed by atoms with E-state index in [9.17, 15) is 0 Å². The van der Waals surface area contributed by atoms with Gasteiger partial charge in [0.2, 0.25) is 0 Å². The highest BCUT2D eigenvalue weighted by atomic mass is 16.5. The molecule has 0 aromatic heterocycles. The van der Waals surface area contributed by atoms with Gasteiger partial charge in [-0.25, -0.2) is 0 Å². The summed E-state index contributed by atoms with van der Waals surface area (Å²) in [6.45, 7) is 7.15. The Kier molecular flexibility index (Phi) is 10.2. The van der Waals surface area contributed by atoms with Crippen molar-refractivity contribution in [3.63, 3.8) is 0 Å². The van der Waals surface area contributed by atoms with Crippen LogP contribution in [-0.4, -0.2) is 96.9 Å². The Bertz CT molecular complexity index is 688. The molecule has 0 aliphatic carbocycles. The maximum absolute atomic E-state index is 5.85. The minimum Gasteiger partial charge on any atom is -0.490 e. The third-order valence-electron chi connectivity index (χ3n) is 4.99. The van der Waals surface area contributed by atoms with Crippen LogP contribution in [-0.2, 0) is 14.2 Å². The van der Waals surface area contributed by atoms with Crippen LogP contribution < -0.4 is 20.1 Å². The first-order chi connectivity index (χ1) is 15.2. The van der Waals surface area contributed by atoms with Crippen molar-refractivity contribution in [1.82, 2.24) is 10.2 Å². The number of nitrogens with zero attached hydrogens (tertiary/aromatic N) is 2. The number of hydrogen-bond donors (Lipinski definition) is 2. The molecule has 9 nitrogen and oxygen atoms in total. The number of anilines is 1. The minimum absolute atomic E-state index is 0.0958. The average Bonchev–Trinajstić information content (AvgIpc) is 3.02. The van der Waals surface area contributed by atoms with E-state index in [1.54, 1.807) is 7.11 Å².